The molecule has 2 atom stereocenters. The quantitative estimate of drug-likeness (QED) is 0.499. The van der Waals surface area contributed by atoms with E-state index in [-0.39, 0.29) is 0 Å². The molecule has 0 saturated carbocycles. The van der Waals surface area contributed by atoms with Gasteiger partial charge in [-0.3, -0.25) is 0 Å². The van der Waals surface area contributed by atoms with E-state index in [1.165, 1.54) is 29.3 Å². The fourth-order valence-electron chi connectivity index (χ4n) is 2.19. The molecule has 0 N–H and O–H groups in total. The van der Waals surface area contributed by atoms with Crippen LogP contribution in [-0.2, 0) is 0 Å². The summed E-state index contributed by atoms with van der Waals surface area (Å²) in [5.41, 5.74) is 0. The van der Waals surface area contributed by atoms with Crippen molar-refractivity contribution in [2.75, 3.05) is 0 Å². The SMILES string of the molecule is IC1=CC=CC(C2CC=CCC2)C1. The maximum Gasteiger partial charge on any atom is -0.00882 e. The Bertz CT molecular complexity index is 260. The van der Waals surface area contributed by atoms with E-state index in [1.54, 1.807) is 0 Å². The fourth-order valence-corrected chi connectivity index (χ4v) is 2.91. The number of rotatable bonds is 1. The predicted molar refractivity (Wildman–Crippen MR) is 65.8 cm³/mol. The highest BCUT2D eigenvalue weighted by Crippen LogP contribution is 2.34. The molecule has 0 aromatic carbocycles. The summed E-state index contributed by atoms with van der Waals surface area (Å²) >= 11 is 2.46. The van der Waals surface area contributed by atoms with Crippen molar-refractivity contribution < 1.29 is 0 Å². The summed E-state index contributed by atoms with van der Waals surface area (Å²) < 4.78 is 1.51. The molecule has 0 fully saturated rings. The third-order valence-electron chi connectivity index (χ3n) is 2.98. The molecule has 0 amide bonds. The number of hydrogen-bond donors (Lipinski definition) is 0. The molecule has 1 heteroatoms. The highest BCUT2D eigenvalue weighted by molar-refractivity contribution is 14.1. The molecule has 2 rings (SSSR count). The smallest absolute Gasteiger partial charge is 0.00882 e. The summed E-state index contributed by atoms with van der Waals surface area (Å²) in [5, 5.41) is 0. The van der Waals surface area contributed by atoms with Crippen LogP contribution in [0.4, 0.5) is 0 Å². The minimum atomic E-state index is 0.807. The molecule has 0 aliphatic heterocycles. The second kappa shape index (κ2) is 4.45. The molecule has 0 bridgehead atoms. The van der Waals surface area contributed by atoms with Gasteiger partial charge in [0.05, 0.1) is 0 Å². The lowest BCUT2D eigenvalue weighted by atomic mass is 9.80. The van der Waals surface area contributed by atoms with Gasteiger partial charge in [0.2, 0.25) is 0 Å². The highest BCUT2D eigenvalue weighted by Gasteiger charge is 2.21. The van der Waals surface area contributed by atoms with Gasteiger partial charge in [0.1, 0.15) is 0 Å². The van der Waals surface area contributed by atoms with Gasteiger partial charge in [0.15, 0.2) is 0 Å². The molecule has 0 nitrogen and oxygen atoms in total. The first kappa shape index (κ1) is 9.50. The van der Waals surface area contributed by atoms with Crippen molar-refractivity contribution >= 4 is 22.6 Å². The van der Waals surface area contributed by atoms with Gasteiger partial charge in [-0.2, -0.15) is 0 Å². The second-order valence-electron chi connectivity index (χ2n) is 3.91. The Balaban J connectivity index is 1.98. The average Bonchev–Trinajstić information content (AvgIpc) is 2.19. The van der Waals surface area contributed by atoms with Crippen LogP contribution in [0.15, 0.2) is 34.0 Å². The number of halogens is 1. The Morgan fingerprint density at radius 1 is 1.31 bits per heavy atom. The normalized spacial score (nSPS) is 33.2. The molecule has 2 aliphatic carbocycles. The summed E-state index contributed by atoms with van der Waals surface area (Å²) in [6.07, 6.45) is 16.8. The van der Waals surface area contributed by atoms with Crippen molar-refractivity contribution in [2.45, 2.75) is 25.7 Å². The van der Waals surface area contributed by atoms with E-state index < -0.39 is 0 Å². The Morgan fingerprint density at radius 3 is 2.92 bits per heavy atom. The van der Waals surface area contributed by atoms with Crippen LogP contribution in [-0.4, -0.2) is 0 Å². The van der Waals surface area contributed by atoms with Gasteiger partial charge in [0, 0.05) is 0 Å². The third kappa shape index (κ3) is 2.46. The van der Waals surface area contributed by atoms with Crippen LogP contribution in [0.3, 0.4) is 0 Å². The van der Waals surface area contributed by atoms with Crippen molar-refractivity contribution in [1.82, 2.24) is 0 Å². The summed E-state index contributed by atoms with van der Waals surface area (Å²) in [5.74, 6) is 1.71. The summed E-state index contributed by atoms with van der Waals surface area (Å²) in [6, 6.07) is 0. The molecule has 70 valence electrons. The van der Waals surface area contributed by atoms with E-state index in [1.807, 2.05) is 0 Å². The van der Waals surface area contributed by atoms with Crippen molar-refractivity contribution in [1.29, 1.82) is 0 Å². The first-order valence-electron chi connectivity index (χ1n) is 5.04. The van der Waals surface area contributed by atoms with E-state index in [4.69, 9.17) is 0 Å². The molecule has 0 heterocycles. The summed E-state index contributed by atoms with van der Waals surface area (Å²) in [7, 11) is 0. The van der Waals surface area contributed by atoms with Gasteiger partial charge in [0.25, 0.3) is 0 Å². The molecule has 13 heavy (non-hydrogen) atoms. The Hall–Kier alpha value is -0.0500. The van der Waals surface area contributed by atoms with Crippen LogP contribution in [0.2, 0.25) is 0 Å². The molecule has 0 spiro atoms. The van der Waals surface area contributed by atoms with Gasteiger partial charge in [-0.1, -0.05) is 30.4 Å². The Kier molecular flexibility index (Phi) is 3.25. The lowest BCUT2D eigenvalue weighted by molar-refractivity contribution is 0.364. The van der Waals surface area contributed by atoms with Gasteiger partial charge in [-0.25, -0.2) is 0 Å². The van der Waals surface area contributed by atoms with Crippen LogP contribution in [0.1, 0.15) is 25.7 Å². The lowest BCUT2D eigenvalue weighted by Crippen LogP contribution is -2.15. The summed E-state index contributed by atoms with van der Waals surface area (Å²) in [4.78, 5) is 0. The van der Waals surface area contributed by atoms with Crippen molar-refractivity contribution in [2.24, 2.45) is 11.8 Å². The number of hydrogen-bond acceptors (Lipinski definition) is 0. The van der Waals surface area contributed by atoms with E-state index in [0.717, 1.165) is 11.8 Å². The molecular formula is C12H15I. The van der Waals surface area contributed by atoms with Crippen LogP contribution in [0.25, 0.3) is 0 Å². The van der Waals surface area contributed by atoms with E-state index in [9.17, 15) is 0 Å². The Morgan fingerprint density at radius 2 is 2.23 bits per heavy atom. The molecule has 0 saturated heterocycles. The molecule has 0 radical (unpaired) electrons. The van der Waals surface area contributed by atoms with E-state index in [0.29, 0.717) is 0 Å². The van der Waals surface area contributed by atoms with E-state index >= 15 is 0 Å². The molecule has 0 aromatic rings. The van der Waals surface area contributed by atoms with Crippen molar-refractivity contribution in [3.8, 4) is 0 Å². The summed E-state index contributed by atoms with van der Waals surface area (Å²) in [6.45, 7) is 0. The maximum atomic E-state index is 2.46. The molecule has 0 aromatic heterocycles. The standard InChI is InChI=1S/C12H15I/c13-12-8-4-7-11(9-12)10-5-2-1-3-6-10/h1-2,4,7-8,10-11H,3,5-6,9H2. The van der Waals surface area contributed by atoms with E-state index in [2.05, 4.69) is 53.0 Å². The monoisotopic (exact) mass is 286 g/mol. The largest absolute Gasteiger partial charge is 0.0885 e. The second-order valence-corrected chi connectivity index (χ2v) is 5.30. The van der Waals surface area contributed by atoms with Gasteiger partial charge in [-0.15, -0.1) is 0 Å². The van der Waals surface area contributed by atoms with Crippen LogP contribution >= 0.6 is 22.6 Å². The van der Waals surface area contributed by atoms with Gasteiger partial charge < -0.3 is 0 Å². The zero-order chi connectivity index (χ0) is 9.10. The average molecular weight is 286 g/mol. The van der Waals surface area contributed by atoms with Gasteiger partial charge >= 0.3 is 0 Å². The number of allylic oxidation sites excluding steroid dienone is 6. The molecule has 2 unspecified atom stereocenters. The first-order chi connectivity index (χ1) is 6.36. The zero-order valence-corrected chi connectivity index (χ0v) is 9.91. The van der Waals surface area contributed by atoms with Crippen molar-refractivity contribution in [3.05, 3.63) is 34.0 Å². The molecular weight excluding hydrogens is 271 g/mol. The van der Waals surface area contributed by atoms with Crippen LogP contribution in [0, 0.1) is 11.8 Å². The minimum absolute atomic E-state index is 0.807. The highest BCUT2D eigenvalue weighted by atomic mass is 127. The predicted octanol–water partition coefficient (Wildman–Crippen LogP) is 4.24. The first-order valence-corrected chi connectivity index (χ1v) is 6.12. The topological polar surface area (TPSA) is 0 Å². The van der Waals surface area contributed by atoms with Crippen LogP contribution < -0.4 is 0 Å². The fraction of sp³-hybridized carbons (Fsp3) is 0.500. The van der Waals surface area contributed by atoms with Crippen molar-refractivity contribution in [3.63, 3.8) is 0 Å². The Labute approximate surface area is 93.9 Å². The molecule has 2 aliphatic rings. The lowest BCUT2D eigenvalue weighted by Gasteiger charge is -2.27. The van der Waals surface area contributed by atoms with Crippen LogP contribution in [0.5, 0.6) is 0 Å². The minimum Gasteiger partial charge on any atom is -0.0885 e. The maximum absolute atomic E-state index is 2.46. The third-order valence-corrected chi connectivity index (χ3v) is 3.78. The van der Waals surface area contributed by atoms with Gasteiger partial charge in [-0.05, 0) is 63.7 Å². The zero-order valence-electron chi connectivity index (χ0n) is 7.75.